The van der Waals surface area contributed by atoms with Crippen molar-refractivity contribution in [3.05, 3.63) is 46.0 Å². The molecule has 0 saturated heterocycles. The van der Waals surface area contributed by atoms with E-state index in [0.29, 0.717) is 12.2 Å². The predicted octanol–water partition coefficient (Wildman–Crippen LogP) is 1.57. The molecule has 15 heavy (non-hydrogen) atoms. The van der Waals surface area contributed by atoms with Gasteiger partial charge >= 0.3 is 0 Å². The fourth-order valence-electron chi connectivity index (χ4n) is 1.42. The van der Waals surface area contributed by atoms with Crippen LogP contribution in [0.5, 0.6) is 0 Å². The van der Waals surface area contributed by atoms with Crippen LogP contribution in [0.1, 0.15) is 5.56 Å². The van der Waals surface area contributed by atoms with E-state index in [0.717, 1.165) is 5.70 Å². The first-order chi connectivity index (χ1) is 7.29. The van der Waals surface area contributed by atoms with Crippen molar-refractivity contribution in [2.45, 2.75) is 0 Å². The first kappa shape index (κ1) is 9.39. The second-order valence-corrected chi connectivity index (χ2v) is 3.02. The van der Waals surface area contributed by atoms with Crippen molar-refractivity contribution in [2.75, 3.05) is 6.67 Å². The van der Waals surface area contributed by atoms with Gasteiger partial charge < -0.3 is 5.32 Å². The highest BCUT2D eigenvalue weighted by Gasteiger charge is 2.15. The molecule has 5 nitrogen and oxygen atoms in total. The summed E-state index contributed by atoms with van der Waals surface area (Å²) >= 11 is 0. The molecule has 1 aliphatic rings. The lowest BCUT2D eigenvalue weighted by atomic mass is 10.1. The van der Waals surface area contributed by atoms with Gasteiger partial charge in [-0.25, -0.2) is 0 Å². The maximum absolute atomic E-state index is 10.8. The predicted molar refractivity (Wildman–Crippen MR) is 57.6 cm³/mol. The zero-order chi connectivity index (χ0) is 10.7. The highest BCUT2D eigenvalue weighted by atomic mass is 16.6. The van der Waals surface area contributed by atoms with Crippen LogP contribution in [0.4, 0.5) is 5.69 Å². The number of nitrogens with zero attached hydrogens (tertiary/aromatic N) is 2. The molecule has 2 rings (SSSR count). The molecule has 0 amide bonds. The number of hydrogen-bond donors (Lipinski definition) is 1. The van der Waals surface area contributed by atoms with Crippen LogP contribution >= 0.6 is 0 Å². The summed E-state index contributed by atoms with van der Waals surface area (Å²) in [5, 5.41) is 13.8. The minimum atomic E-state index is -0.385. The van der Waals surface area contributed by atoms with E-state index in [1.165, 1.54) is 6.07 Å². The molecule has 0 atom stereocenters. The molecule has 1 heterocycles. The fourth-order valence-corrected chi connectivity index (χ4v) is 1.42. The number of nitro groups is 1. The van der Waals surface area contributed by atoms with Crippen molar-refractivity contribution in [2.24, 2.45) is 4.99 Å². The van der Waals surface area contributed by atoms with Crippen molar-refractivity contribution in [1.82, 2.24) is 5.32 Å². The minimum Gasteiger partial charge on any atom is -0.366 e. The van der Waals surface area contributed by atoms with Crippen LogP contribution in [0.25, 0.3) is 5.70 Å². The zero-order valence-electron chi connectivity index (χ0n) is 7.88. The van der Waals surface area contributed by atoms with Gasteiger partial charge in [0.05, 0.1) is 16.2 Å². The summed E-state index contributed by atoms with van der Waals surface area (Å²) in [7, 11) is 0. The van der Waals surface area contributed by atoms with Gasteiger partial charge in [-0.15, -0.1) is 0 Å². The SMILES string of the molecule is O=[N+]([O-])c1ccccc1C1=CC=NCN1. The fraction of sp³-hybridized carbons (Fsp3) is 0.100. The van der Waals surface area contributed by atoms with Gasteiger partial charge in [0.15, 0.2) is 0 Å². The van der Waals surface area contributed by atoms with E-state index in [1.54, 1.807) is 30.5 Å². The lowest BCUT2D eigenvalue weighted by Crippen LogP contribution is -2.16. The molecular weight excluding hydrogens is 194 g/mol. The summed E-state index contributed by atoms with van der Waals surface area (Å²) in [4.78, 5) is 14.3. The number of allylic oxidation sites excluding steroid dienone is 1. The number of benzene rings is 1. The summed E-state index contributed by atoms with van der Waals surface area (Å²) in [6, 6.07) is 6.63. The lowest BCUT2D eigenvalue weighted by molar-refractivity contribution is -0.385. The average molecular weight is 203 g/mol. The first-order valence-corrected chi connectivity index (χ1v) is 4.47. The number of aliphatic imine (C=N–C) groups is 1. The van der Waals surface area contributed by atoms with E-state index in [4.69, 9.17) is 0 Å². The van der Waals surface area contributed by atoms with Gasteiger partial charge in [-0.2, -0.15) is 0 Å². The summed E-state index contributed by atoms with van der Waals surface area (Å²) in [5.74, 6) is 0. The van der Waals surface area contributed by atoms with Crippen LogP contribution in [0.2, 0.25) is 0 Å². The van der Waals surface area contributed by atoms with Crippen LogP contribution < -0.4 is 5.32 Å². The molecule has 0 radical (unpaired) electrons. The molecule has 0 aliphatic carbocycles. The Bertz CT molecular complexity index is 452. The molecule has 1 aromatic carbocycles. The van der Waals surface area contributed by atoms with E-state index in [-0.39, 0.29) is 10.6 Å². The largest absolute Gasteiger partial charge is 0.366 e. The monoisotopic (exact) mass is 203 g/mol. The molecule has 1 aliphatic heterocycles. The smallest absolute Gasteiger partial charge is 0.278 e. The van der Waals surface area contributed by atoms with E-state index in [1.807, 2.05) is 0 Å². The Morgan fingerprint density at radius 3 is 2.87 bits per heavy atom. The normalized spacial score (nSPS) is 14.3. The third kappa shape index (κ3) is 1.85. The molecule has 0 spiro atoms. The number of nitrogens with one attached hydrogen (secondary N) is 1. The summed E-state index contributed by atoms with van der Waals surface area (Å²) in [6.45, 7) is 0.456. The minimum absolute atomic E-state index is 0.103. The molecule has 1 aromatic rings. The second kappa shape index (κ2) is 3.91. The topological polar surface area (TPSA) is 67.5 Å². The van der Waals surface area contributed by atoms with Crippen molar-refractivity contribution < 1.29 is 4.92 Å². The maximum atomic E-state index is 10.8. The van der Waals surface area contributed by atoms with Gasteiger partial charge in [0, 0.05) is 12.3 Å². The molecule has 0 unspecified atom stereocenters. The van der Waals surface area contributed by atoms with E-state index < -0.39 is 0 Å². The summed E-state index contributed by atoms with van der Waals surface area (Å²) in [6.07, 6.45) is 3.37. The Kier molecular flexibility index (Phi) is 2.45. The lowest BCUT2D eigenvalue weighted by Gasteiger charge is -2.11. The standard InChI is InChI=1S/C10H9N3O2/c14-13(15)10-4-2-1-3-8(10)9-5-6-11-7-12-9/h1-6,12H,7H2. The average Bonchev–Trinajstić information content (AvgIpc) is 2.30. The highest BCUT2D eigenvalue weighted by Crippen LogP contribution is 2.24. The number of para-hydroxylation sites is 1. The Morgan fingerprint density at radius 1 is 1.40 bits per heavy atom. The highest BCUT2D eigenvalue weighted by molar-refractivity contribution is 5.87. The Morgan fingerprint density at radius 2 is 2.20 bits per heavy atom. The maximum Gasteiger partial charge on any atom is 0.278 e. The van der Waals surface area contributed by atoms with Gasteiger partial charge in [-0.05, 0) is 12.1 Å². The van der Waals surface area contributed by atoms with Crippen LogP contribution in [0, 0.1) is 10.1 Å². The van der Waals surface area contributed by atoms with Gasteiger partial charge in [0.25, 0.3) is 5.69 Å². The van der Waals surface area contributed by atoms with E-state index >= 15 is 0 Å². The Hall–Kier alpha value is -2.17. The summed E-state index contributed by atoms with van der Waals surface area (Å²) < 4.78 is 0. The molecule has 0 fully saturated rings. The first-order valence-electron chi connectivity index (χ1n) is 4.47. The van der Waals surface area contributed by atoms with Crippen LogP contribution in [0.15, 0.2) is 35.3 Å². The van der Waals surface area contributed by atoms with Crippen LogP contribution in [-0.4, -0.2) is 17.8 Å². The third-order valence-electron chi connectivity index (χ3n) is 2.10. The molecule has 0 aromatic heterocycles. The molecule has 0 bridgehead atoms. The number of rotatable bonds is 2. The Labute approximate surface area is 86.3 Å². The quantitative estimate of drug-likeness (QED) is 0.586. The van der Waals surface area contributed by atoms with Crippen molar-refractivity contribution in [3.8, 4) is 0 Å². The van der Waals surface area contributed by atoms with Gasteiger partial charge in [-0.1, -0.05) is 12.1 Å². The third-order valence-corrected chi connectivity index (χ3v) is 2.10. The van der Waals surface area contributed by atoms with Gasteiger partial charge in [0.1, 0.15) is 6.67 Å². The van der Waals surface area contributed by atoms with Gasteiger partial charge in [0.2, 0.25) is 0 Å². The van der Waals surface area contributed by atoms with Crippen molar-refractivity contribution in [3.63, 3.8) is 0 Å². The van der Waals surface area contributed by atoms with E-state index in [9.17, 15) is 10.1 Å². The summed E-state index contributed by atoms with van der Waals surface area (Å²) in [5.41, 5.74) is 1.43. The molecule has 76 valence electrons. The number of hydrogen-bond acceptors (Lipinski definition) is 4. The Balaban J connectivity index is 2.47. The molecular formula is C10H9N3O2. The van der Waals surface area contributed by atoms with Crippen LogP contribution in [-0.2, 0) is 0 Å². The second-order valence-electron chi connectivity index (χ2n) is 3.02. The van der Waals surface area contributed by atoms with E-state index in [2.05, 4.69) is 10.3 Å². The van der Waals surface area contributed by atoms with Crippen molar-refractivity contribution in [1.29, 1.82) is 0 Å². The van der Waals surface area contributed by atoms with Gasteiger partial charge in [-0.3, -0.25) is 15.1 Å². The van der Waals surface area contributed by atoms with Crippen molar-refractivity contribution >= 4 is 17.6 Å². The molecule has 1 N–H and O–H groups in total. The molecule has 0 saturated carbocycles. The zero-order valence-corrected chi connectivity index (χ0v) is 7.88. The molecule has 5 heteroatoms. The van der Waals surface area contributed by atoms with Crippen LogP contribution in [0.3, 0.4) is 0 Å². The number of nitro benzene ring substituents is 1.